The Morgan fingerprint density at radius 1 is 0.394 bits per heavy atom. The van der Waals surface area contributed by atoms with Crippen LogP contribution < -0.4 is 5.32 Å². The van der Waals surface area contributed by atoms with Crippen LogP contribution >= 0.6 is 0 Å². The third kappa shape index (κ3) is 51.7. The van der Waals surface area contributed by atoms with Crippen molar-refractivity contribution in [3.8, 4) is 0 Å². The quantitative estimate of drug-likeness (QED) is 0.0361. The molecule has 0 radical (unpaired) electrons. The van der Waals surface area contributed by atoms with Gasteiger partial charge >= 0.3 is 0 Å². The van der Waals surface area contributed by atoms with Gasteiger partial charge in [0, 0.05) is 0 Å². The molecule has 0 heterocycles. The number of hydrogen-bond donors (Lipinski definition) is 4. The number of nitrogens with one attached hydrogen (secondary N) is 1. The Kier molecular flexibility index (Phi) is 54.5. The molecule has 0 spiro atoms. The Hall–Kier alpha value is -1.69. The van der Waals surface area contributed by atoms with Crippen LogP contribution in [0.15, 0.2) is 48.6 Å². The maximum Gasteiger partial charge on any atom is 0.222 e. The van der Waals surface area contributed by atoms with Crippen LogP contribution in [0.25, 0.3) is 0 Å². The Balaban J connectivity index is 3.59. The Morgan fingerprint density at radius 2 is 0.697 bits per heavy atom. The van der Waals surface area contributed by atoms with Crippen LogP contribution in [0.2, 0.25) is 0 Å². The molecule has 388 valence electrons. The van der Waals surface area contributed by atoms with Crippen LogP contribution in [-0.2, 0) is 4.79 Å². The monoisotopic (exact) mass is 926 g/mol. The summed E-state index contributed by atoms with van der Waals surface area (Å²) in [5.41, 5.74) is 0. The summed E-state index contributed by atoms with van der Waals surface area (Å²) in [6.45, 7) is 4.23. The molecule has 3 atom stereocenters. The predicted octanol–water partition coefficient (Wildman–Crippen LogP) is 18.4. The minimum Gasteiger partial charge on any atom is -0.394 e. The molecule has 0 rings (SSSR count). The van der Waals surface area contributed by atoms with Gasteiger partial charge in [0.05, 0.1) is 31.3 Å². The van der Waals surface area contributed by atoms with Crippen LogP contribution in [0.1, 0.15) is 309 Å². The molecule has 0 aliphatic rings. The largest absolute Gasteiger partial charge is 0.394 e. The number of rotatable bonds is 54. The molecule has 0 aliphatic heterocycles. The van der Waals surface area contributed by atoms with Crippen molar-refractivity contribution in [3.63, 3.8) is 0 Å². The highest BCUT2D eigenvalue weighted by molar-refractivity contribution is 5.76. The predicted molar refractivity (Wildman–Crippen MR) is 291 cm³/mol. The van der Waals surface area contributed by atoms with Gasteiger partial charge in [-0.1, -0.05) is 287 Å². The smallest absolute Gasteiger partial charge is 0.222 e. The third-order valence-corrected chi connectivity index (χ3v) is 13.6. The molecule has 0 aromatic carbocycles. The van der Waals surface area contributed by atoms with Gasteiger partial charge in [-0.05, 0) is 64.2 Å². The highest BCUT2D eigenvalue weighted by Gasteiger charge is 2.20. The first-order chi connectivity index (χ1) is 32.5. The minimum atomic E-state index is -0.954. The summed E-state index contributed by atoms with van der Waals surface area (Å²) in [6.07, 6.45) is 74.5. The first kappa shape index (κ1) is 64.3. The van der Waals surface area contributed by atoms with Gasteiger partial charge in [0.2, 0.25) is 5.91 Å². The van der Waals surface area contributed by atoms with Crippen molar-refractivity contribution in [2.24, 2.45) is 0 Å². The highest BCUT2D eigenvalue weighted by atomic mass is 16.3. The first-order valence-corrected chi connectivity index (χ1v) is 29.4. The lowest BCUT2D eigenvalue weighted by atomic mass is 10.0. The molecule has 0 saturated heterocycles. The molecule has 66 heavy (non-hydrogen) atoms. The maximum absolute atomic E-state index is 12.5. The third-order valence-electron chi connectivity index (χ3n) is 13.6. The highest BCUT2D eigenvalue weighted by Crippen LogP contribution is 2.17. The molecule has 1 amide bonds. The van der Waals surface area contributed by atoms with E-state index in [9.17, 15) is 20.1 Å². The van der Waals surface area contributed by atoms with E-state index >= 15 is 0 Å². The van der Waals surface area contributed by atoms with Gasteiger partial charge in [-0.25, -0.2) is 0 Å². The standard InChI is InChI=1S/C61H115NO4/c1-3-5-7-9-11-13-15-17-19-21-23-25-27-28-29-30-31-32-33-34-36-38-40-42-44-46-48-50-52-54-58(64)56-61(66)62-59(57-63)60(65)55-53-51-49-47-45-43-41-39-37-35-26-24-22-20-18-16-14-12-10-8-6-4-2/h23,25,28-29,45,47,53,55,58-60,63-65H,3-22,24,26-27,30-44,46,48-52,54,56-57H2,1-2H3,(H,62,66)/b25-23-,29-28-,47-45+,55-53+. The van der Waals surface area contributed by atoms with Gasteiger partial charge in [0.1, 0.15) is 0 Å². The number of unbranched alkanes of at least 4 members (excludes halogenated alkanes) is 39. The molecule has 5 heteroatoms. The van der Waals surface area contributed by atoms with Crippen molar-refractivity contribution in [2.45, 2.75) is 327 Å². The average molecular weight is 927 g/mol. The van der Waals surface area contributed by atoms with Gasteiger partial charge in [-0.2, -0.15) is 0 Å². The lowest BCUT2D eigenvalue weighted by Crippen LogP contribution is -2.45. The van der Waals surface area contributed by atoms with Crippen molar-refractivity contribution in [2.75, 3.05) is 6.61 Å². The van der Waals surface area contributed by atoms with E-state index < -0.39 is 18.2 Å². The van der Waals surface area contributed by atoms with E-state index in [0.29, 0.717) is 6.42 Å². The second-order valence-electron chi connectivity index (χ2n) is 20.2. The summed E-state index contributed by atoms with van der Waals surface area (Å²) >= 11 is 0. The van der Waals surface area contributed by atoms with E-state index in [1.807, 2.05) is 6.08 Å². The number of amides is 1. The van der Waals surface area contributed by atoms with E-state index in [1.165, 1.54) is 244 Å². The van der Waals surface area contributed by atoms with E-state index in [-0.39, 0.29) is 18.9 Å². The molecule has 0 bridgehead atoms. The Labute approximate surface area is 412 Å². The van der Waals surface area contributed by atoms with Crippen LogP contribution in [0.5, 0.6) is 0 Å². The van der Waals surface area contributed by atoms with E-state index in [0.717, 1.165) is 38.5 Å². The summed E-state index contributed by atoms with van der Waals surface area (Å²) in [5, 5.41) is 33.5. The molecule has 5 nitrogen and oxygen atoms in total. The van der Waals surface area contributed by atoms with Crippen LogP contribution in [0.3, 0.4) is 0 Å². The van der Waals surface area contributed by atoms with E-state index in [2.05, 4.69) is 55.6 Å². The normalized spacial score (nSPS) is 13.6. The van der Waals surface area contributed by atoms with Crippen molar-refractivity contribution in [1.82, 2.24) is 5.32 Å². The number of carbonyl (C=O) groups is 1. The summed E-state index contributed by atoms with van der Waals surface area (Å²) in [6, 6.07) is -0.763. The molecular weight excluding hydrogens is 811 g/mol. The molecule has 0 aromatic heterocycles. The lowest BCUT2D eigenvalue weighted by molar-refractivity contribution is -0.124. The molecule has 0 aliphatic carbocycles. The number of allylic oxidation sites excluding steroid dienone is 7. The average Bonchev–Trinajstić information content (AvgIpc) is 3.31. The molecule has 0 fully saturated rings. The van der Waals surface area contributed by atoms with Gasteiger partial charge in [-0.15, -0.1) is 0 Å². The van der Waals surface area contributed by atoms with Crippen LogP contribution in [0.4, 0.5) is 0 Å². The van der Waals surface area contributed by atoms with Gasteiger partial charge in [0.25, 0.3) is 0 Å². The van der Waals surface area contributed by atoms with E-state index in [4.69, 9.17) is 0 Å². The SMILES string of the molecule is CCCCCCCCCCC/C=C\C/C=C\CCCCCCCCCCCCCCCC(O)CC(=O)NC(CO)C(O)/C=C/CC/C=C/CCCCCCCCCCCCCCCCCC. The molecule has 0 aromatic rings. The fraction of sp³-hybridized carbons (Fsp3) is 0.852. The Bertz CT molecular complexity index is 1070. The zero-order valence-corrected chi connectivity index (χ0v) is 44.3. The van der Waals surface area contributed by atoms with Crippen molar-refractivity contribution in [1.29, 1.82) is 0 Å². The number of aliphatic hydroxyl groups is 3. The lowest BCUT2D eigenvalue weighted by Gasteiger charge is -2.21. The summed E-state index contributed by atoms with van der Waals surface area (Å²) in [7, 11) is 0. The minimum absolute atomic E-state index is 0.00549. The maximum atomic E-state index is 12.5. The van der Waals surface area contributed by atoms with Gasteiger partial charge < -0.3 is 20.6 Å². The Morgan fingerprint density at radius 3 is 1.06 bits per heavy atom. The summed E-state index contributed by atoms with van der Waals surface area (Å²) < 4.78 is 0. The van der Waals surface area contributed by atoms with Gasteiger partial charge in [0.15, 0.2) is 0 Å². The molecular formula is C61H115NO4. The fourth-order valence-corrected chi connectivity index (χ4v) is 9.10. The zero-order valence-electron chi connectivity index (χ0n) is 44.3. The molecule has 4 N–H and O–H groups in total. The summed E-state index contributed by atoms with van der Waals surface area (Å²) in [4.78, 5) is 12.5. The fourth-order valence-electron chi connectivity index (χ4n) is 9.10. The number of aliphatic hydroxyl groups excluding tert-OH is 3. The second kappa shape index (κ2) is 55.9. The number of hydrogen-bond acceptors (Lipinski definition) is 4. The van der Waals surface area contributed by atoms with E-state index in [1.54, 1.807) is 6.08 Å². The van der Waals surface area contributed by atoms with Crippen molar-refractivity contribution in [3.05, 3.63) is 48.6 Å². The van der Waals surface area contributed by atoms with Gasteiger partial charge in [-0.3, -0.25) is 4.79 Å². The second-order valence-corrected chi connectivity index (χ2v) is 20.2. The first-order valence-electron chi connectivity index (χ1n) is 29.4. The zero-order chi connectivity index (χ0) is 47.9. The molecule has 0 saturated carbocycles. The number of carbonyl (C=O) groups excluding carboxylic acids is 1. The molecule has 3 unspecified atom stereocenters. The topological polar surface area (TPSA) is 89.8 Å². The van der Waals surface area contributed by atoms with Crippen LogP contribution in [-0.4, -0.2) is 46.1 Å². The van der Waals surface area contributed by atoms with Crippen LogP contribution in [0, 0.1) is 0 Å². The summed E-state index contributed by atoms with van der Waals surface area (Å²) in [5.74, 6) is -0.323. The van der Waals surface area contributed by atoms with Crippen molar-refractivity contribution >= 4 is 5.91 Å². The van der Waals surface area contributed by atoms with Crippen molar-refractivity contribution < 1.29 is 20.1 Å².